The second-order valence-electron chi connectivity index (χ2n) is 2.10. The van der Waals surface area contributed by atoms with Gasteiger partial charge in [-0.1, -0.05) is 0 Å². The van der Waals surface area contributed by atoms with E-state index >= 15 is 0 Å². The van der Waals surface area contributed by atoms with Crippen molar-refractivity contribution in [1.82, 2.24) is 0 Å². The molecular weight excluding hydrogens is 178 g/mol. The molecule has 0 spiro atoms. The molecule has 0 amide bonds. The van der Waals surface area contributed by atoms with Crippen LogP contribution >= 0.6 is 0 Å². The Bertz CT molecular complexity index is 292. The average molecular weight is 185 g/mol. The fourth-order valence-electron chi connectivity index (χ4n) is 0.688. The van der Waals surface area contributed by atoms with E-state index in [1.54, 1.807) is 0 Å². The summed E-state index contributed by atoms with van der Waals surface area (Å²) < 4.78 is 41.0. The van der Waals surface area contributed by atoms with Gasteiger partial charge in [-0.15, -0.1) is 0 Å². The molecule has 1 heterocycles. The van der Waals surface area contributed by atoms with E-state index in [1.807, 2.05) is 0 Å². The Kier molecular flexibility index (Phi) is 1.53. The van der Waals surface area contributed by atoms with Crippen molar-refractivity contribution in [2.45, 2.75) is 4.71 Å². The molecule has 10 heavy (non-hydrogen) atoms. The zero-order valence-electron chi connectivity index (χ0n) is 5.02. The van der Waals surface area contributed by atoms with E-state index < -0.39 is 24.4 Å². The van der Waals surface area contributed by atoms with Crippen LogP contribution in [0.5, 0.6) is 0 Å². The van der Waals surface area contributed by atoms with Gasteiger partial charge in [0.1, 0.15) is 0 Å². The van der Waals surface area contributed by atoms with Crippen LogP contribution in [-0.2, 0) is 19.7 Å². The molecule has 0 atom stereocenters. The van der Waals surface area contributed by atoms with Crippen LogP contribution in [0.3, 0.4) is 0 Å². The van der Waals surface area contributed by atoms with Crippen LogP contribution in [0.15, 0.2) is 0 Å². The van der Waals surface area contributed by atoms with E-state index in [0.29, 0.717) is 0 Å². The summed E-state index contributed by atoms with van der Waals surface area (Å²) in [5.41, 5.74) is 4.91. The van der Waals surface area contributed by atoms with E-state index in [9.17, 15) is 16.8 Å². The van der Waals surface area contributed by atoms with Crippen molar-refractivity contribution < 1.29 is 16.8 Å². The summed E-state index contributed by atoms with van der Waals surface area (Å²) in [6.07, 6.45) is 0. The third kappa shape index (κ3) is 1.04. The third-order valence-corrected chi connectivity index (χ3v) is 6.34. The maximum absolute atomic E-state index is 10.7. The van der Waals surface area contributed by atoms with Crippen molar-refractivity contribution in [1.29, 1.82) is 0 Å². The minimum atomic E-state index is -3.54. The van der Waals surface area contributed by atoms with Crippen molar-refractivity contribution >= 4 is 19.7 Å². The summed E-state index contributed by atoms with van der Waals surface area (Å²) in [7, 11) is -7.09. The standard InChI is InChI=1S/C3H7NO4S2/c4-3-9(5,6)1-2-10(3,7)8/h3H,1-2,4H2. The molecule has 0 aromatic heterocycles. The smallest absolute Gasteiger partial charge is 0.210 e. The van der Waals surface area contributed by atoms with Gasteiger partial charge in [-0.2, -0.15) is 0 Å². The largest absolute Gasteiger partial charge is 0.302 e. The van der Waals surface area contributed by atoms with Crippen LogP contribution in [0.25, 0.3) is 0 Å². The minimum Gasteiger partial charge on any atom is -0.302 e. The maximum Gasteiger partial charge on any atom is 0.210 e. The summed E-state index contributed by atoms with van der Waals surface area (Å²) >= 11 is 0. The van der Waals surface area contributed by atoms with Gasteiger partial charge in [0.05, 0.1) is 11.5 Å². The summed E-state index contributed by atoms with van der Waals surface area (Å²) in [6, 6.07) is 0. The van der Waals surface area contributed by atoms with Crippen LogP contribution in [-0.4, -0.2) is 33.0 Å². The van der Waals surface area contributed by atoms with Crippen molar-refractivity contribution in [2.24, 2.45) is 5.73 Å². The van der Waals surface area contributed by atoms with Crippen molar-refractivity contribution in [3.05, 3.63) is 0 Å². The molecule has 5 nitrogen and oxygen atoms in total. The van der Waals surface area contributed by atoms with Crippen molar-refractivity contribution in [3.8, 4) is 0 Å². The number of hydrogen-bond acceptors (Lipinski definition) is 5. The highest BCUT2D eigenvalue weighted by Crippen LogP contribution is 2.14. The van der Waals surface area contributed by atoms with Crippen LogP contribution in [0.4, 0.5) is 0 Å². The van der Waals surface area contributed by atoms with Crippen molar-refractivity contribution in [2.75, 3.05) is 11.5 Å². The van der Waals surface area contributed by atoms with Gasteiger partial charge in [-0.3, -0.25) is 0 Å². The van der Waals surface area contributed by atoms with Gasteiger partial charge >= 0.3 is 0 Å². The second-order valence-corrected chi connectivity index (χ2v) is 6.88. The Labute approximate surface area is 59.1 Å². The van der Waals surface area contributed by atoms with Gasteiger partial charge in [0.15, 0.2) is 19.7 Å². The van der Waals surface area contributed by atoms with E-state index in [2.05, 4.69) is 0 Å². The zero-order valence-corrected chi connectivity index (χ0v) is 6.65. The van der Waals surface area contributed by atoms with Crippen LogP contribution in [0.2, 0.25) is 0 Å². The van der Waals surface area contributed by atoms with Crippen molar-refractivity contribution in [3.63, 3.8) is 0 Å². The molecule has 1 aliphatic rings. The Balaban J connectivity index is 3.25. The number of sulfone groups is 2. The van der Waals surface area contributed by atoms with Gasteiger partial charge in [-0.25, -0.2) is 16.8 Å². The van der Waals surface area contributed by atoms with Crippen LogP contribution in [0.1, 0.15) is 0 Å². The first-order valence-electron chi connectivity index (χ1n) is 2.55. The Morgan fingerprint density at radius 3 is 1.40 bits per heavy atom. The average Bonchev–Trinajstić information content (AvgIpc) is 1.95. The van der Waals surface area contributed by atoms with Gasteiger partial charge in [0.25, 0.3) is 0 Å². The maximum atomic E-state index is 10.7. The molecule has 0 aromatic rings. The molecule has 0 radical (unpaired) electrons. The monoisotopic (exact) mass is 185 g/mol. The lowest BCUT2D eigenvalue weighted by Gasteiger charge is -1.98. The second kappa shape index (κ2) is 1.93. The Morgan fingerprint density at radius 2 is 1.30 bits per heavy atom. The quantitative estimate of drug-likeness (QED) is 0.474. The molecule has 2 N–H and O–H groups in total. The van der Waals surface area contributed by atoms with Gasteiger partial charge in [-0.05, 0) is 0 Å². The predicted molar refractivity (Wildman–Crippen MR) is 35.5 cm³/mol. The fraction of sp³-hybridized carbons (Fsp3) is 1.00. The lowest BCUT2D eigenvalue weighted by atomic mass is 11.0. The zero-order chi connectivity index (χ0) is 7.99. The fourth-order valence-corrected chi connectivity index (χ4v) is 5.38. The highest BCUT2D eigenvalue weighted by atomic mass is 32.3. The molecule has 1 aliphatic heterocycles. The topological polar surface area (TPSA) is 94.3 Å². The van der Waals surface area contributed by atoms with Gasteiger partial charge in [0.2, 0.25) is 4.71 Å². The van der Waals surface area contributed by atoms with E-state index in [-0.39, 0.29) is 11.5 Å². The van der Waals surface area contributed by atoms with E-state index in [0.717, 1.165) is 0 Å². The predicted octanol–water partition coefficient (Wildman–Crippen LogP) is -1.93. The first-order valence-corrected chi connectivity index (χ1v) is 5.98. The highest BCUT2D eigenvalue weighted by molar-refractivity contribution is 8.12. The molecule has 60 valence electrons. The van der Waals surface area contributed by atoms with Gasteiger partial charge < -0.3 is 5.73 Å². The van der Waals surface area contributed by atoms with E-state index in [1.165, 1.54) is 0 Å². The van der Waals surface area contributed by atoms with Crippen LogP contribution in [0, 0.1) is 0 Å². The first-order chi connectivity index (χ1) is 4.36. The molecule has 1 rings (SSSR count). The lowest BCUT2D eigenvalue weighted by Crippen LogP contribution is -2.32. The summed E-state index contributed by atoms with van der Waals surface area (Å²) in [5, 5.41) is 0. The Morgan fingerprint density at radius 1 is 1.00 bits per heavy atom. The molecule has 1 fully saturated rings. The van der Waals surface area contributed by atoms with E-state index in [4.69, 9.17) is 5.73 Å². The number of rotatable bonds is 0. The molecule has 0 aliphatic carbocycles. The molecule has 0 saturated carbocycles. The molecular formula is C3H7NO4S2. The summed E-state index contributed by atoms with van der Waals surface area (Å²) in [4.78, 5) is 0. The number of nitrogens with two attached hydrogens (primary N) is 1. The molecule has 1 saturated heterocycles. The number of hydrogen-bond donors (Lipinski definition) is 1. The lowest BCUT2D eigenvalue weighted by molar-refractivity contribution is 0.587. The minimum absolute atomic E-state index is 0.337. The highest BCUT2D eigenvalue weighted by Gasteiger charge is 2.41. The summed E-state index contributed by atoms with van der Waals surface area (Å²) in [6.45, 7) is 0. The Hall–Kier alpha value is -0.140. The molecule has 0 unspecified atom stereocenters. The normalized spacial score (nSPS) is 30.5. The summed E-state index contributed by atoms with van der Waals surface area (Å²) in [5.74, 6) is -0.674. The third-order valence-electron chi connectivity index (χ3n) is 1.36. The SMILES string of the molecule is NC1S(=O)(=O)CCS1(=O)=O. The van der Waals surface area contributed by atoms with Gasteiger partial charge in [0, 0.05) is 0 Å². The first kappa shape index (κ1) is 7.96. The van der Waals surface area contributed by atoms with Crippen LogP contribution < -0.4 is 5.73 Å². The molecule has 0 aromatic carbocycles. The molecule has 7 heteroatoms. The molecule has 0 bridgehead atoms.